The minimum absolute atomic E-state index is 0.265. The van der Waals surface area contributed by atoms with Crippen molar-refractivity contribution < 1.29 is 0 Å². The van der Waals surface area contributed by atoms with Gasteiger partial charge in [0.25, 0.3) is 0 Å². The van der Waals surface area contributed by atoms with Gasteiger partial charge in [-0.05, 0) is 26.0 Å². The predicted octanol–water partition coefficient (Wildman–Crippen LogP) is 1.54. The van der Waals surface area contributed by atoms with E-state index in [2.05, 4.69) is 54.0 Å². The van der Waals surface area contributed by atoms with Gasteiger partial charge in [-0.15, -0.1) is 0 Å². The highest BCUT2D eigenvalue weighted by atomic mass is 15.3. The van der Waals surface area contributed by atoms with Crippen molar-refractivity contribution >= 4 is 5.69 Å². The average molecular weight is 233 g/mol. The Morgan fingerprint density at radius 3 is 2.59 bits per heavy atom. The van der Waals surface area contributed by atoms with Crippen molar-refractivity contribution in [2.45, 2.75) is 25.9 Å². The van der Waals surface area contributed by atoms with Gasteiger partial charge in [-0.1, -0.05) is 18.2 Å². The van der Waals surface area contributed by atoms with Gasteiger partial charge in [0, 0.05) is 44.0 Å². The van der Waals surface area contributed by atoms with E-state index < -0.39 is 0 Å². The molecule has 1 aliphatic rings. The van der Waals surface area contributed by atoms with E-state index in [-0.39, 0.29) is 6.04 Å². The fourth-order valence-electron chi connectivity index (χ4n) is 2.51. The summed E-state index contributed by atoms with van der Waals surface area (Å²) < 4.78 is 0. The van der Waals surface area contributed by atoms with Gasteiger partial charge in [-0.25, -0.2) is 0 Å². The Kier molecular flexibility index (Phi) is 4.02. The maximum absolute atomic E-state index is 5.88. The van der Waals surface area contributed by atoms with Gasteiger partial charge in [-0.3, -0.25) is 4.90 Å². The van der Waals surface area contributed by atoms with E-state index in [4.69, 9.17) is 5.73 Å². The summed E-state index contributed by atoms with van der Waals surface area (Å²) in [7, 11) is 0. The zero-order chi connectivity index (χ0) is 12.3. The molecule has 1 unspecified atom stereocenters. The van der Waals surface area contributed by atoms with Crippen molar-refractivity contribution in [1.82, 2.24) is 4.90 Å². The molecule has 1 fully saturated rings. The smallest absolute Gasteiger partial charge is 0.0367 e. The van der Waals surface area contributed by atoms with Crippen molar-refractivity contribution in [3.05, 3.63) is 30.3 Å². The van der Waals surface area contributed by atoms with Gasteiger partial charge in [0.2, 0.25) is 0 Å². The number of benzene rings is 1. The fourth-order valence-corrected chi connectivity index (χ4v) is 2.51. The molecule has 2 atom stereocenters. The van der Waals surface area contributed by atoms with Crippen LogP contribution in [0.2, 0.25) is 0 Å². The Labute approximate surface area is 104 Å². The lowest BCUT2D eigenvalue weighted by Crippen LogP contribution is -2.54. The van der Waals surface area contributed by atoms with Gasteiger partial charge in [0.15, 0.2) is 0 Å². The lowest BCUT2D eigenvalue weighted by atomic mass is 10.1. The van der Waals surface area contributed by atoms with Gasteiger partial charge in [0.05, 0.1) is 0 Å². The van der Waals surface area contributed by atoms with Crippen LogP contribution < -0.4 is 10.6 Å². The van der Waals surface area contributed by atoms with Crippen LogP contribution in [0.4, 0.5) is 5.69 Å². The summed E-state index contributed by atoms with van der Waals surface area (Å²) in [6.45, 7) is 8.67. The van der Waals surface area contributed by atoms with E-state index >= 15 is 0 Å². The van der Waals surface area contributed by atoms with Gasteiger partial charge >= 0.3 is 0 Å². The van der Waals surface area contributed by atoms with Gasteiger partial charge in [-0.2, -0.15) is 0 Å². The second kappa shape index (κ2) is 5.52. The molecule has 0 radical (unpaired) electrons. The molecule has 0 aromatic heterocycles. The first kappa shape index (κ1) is 12.4. The van der Waals surface area contributed by atoms with Crippen LogP contribution in [0.3, 0.4) is 0 Å². The summed E-state index contributed by atoms with van der Waals surface area (Å²) in [5, 5.41) is 0. The molecule has 0 amide bonds. The molecule has 0 aliphatic carbocycles. The molecule has 0 bridgehead atoms. The Morgan fingerprint density at radius 1 is 1.29 bits per heavy atom. The number of para-hydroxylation sites is 1. The number of hydrogen-bond acceptors (Lipinski definition) is 3. The van der Waals surface area contributed by atoms with Gasteiger partial charge in [0.1, 0.15) is 0 Å². The van der Waals surface area contributed by atoms with E-state index in [1.165, 1.54) is 5.69 Å². The third-order valence-corrected chi connectivity index (χ3v) is 3.41. The first-order chi connectivity index (χ1) is 8.16. The first-order valence-electron chi connectivity index (χ1n) is 6.46. The standard InChI is InChI=1S/C14H23N3/c1-12(15)10-16-8-9-17(11-13(16)2)14-6-4-3-5-7-14/h3-7,12-13H,8-11,15H2,1-2H3/t12?,13-/m1/s1. The van der Waals surface area contributed by atoms with E-state index in [1.807, 2.05) is 0 Å². The third-order valence-electron chi connectivity index (χ3n) is 3.41. The van der Waals surface area contributed by atoms with Crippen LogP contribution in [0.25, 0.3) is 0 Å². The lowest BCUT2D eigenvalue weighted by Gasteiger charge is -2.41. The average Bonchev–Trinajstić information content (AvgIpc) is 2.32. The number of nitrogens with two attached hydrogens (primary N) is 1. The van der Waals surface area contributed by atoms with E-state index in [9.17, 15) is 0 Å². The second-order valence-corrected chi connectivity index (χ2v) is 5.10. The Bertz CT molecular complexity index is 337. The van der Waals surface area contributed by atoms with Crippen LogP contribution in [0.5, 0.6) is 0 Å². The Balaban J connectivity index is 1.95. The molecule has 3 heteroatoms. The van der Waals surface area contributed by atoms with Crippen LogP contribution in [0.15, 0.2) is 30.3 Å². The molecule has 0 saturated carbocycles. The predicted molar refractivity (Wildman–Crippen MR) is 73.3 cm³/mol. The zero-order valence-corrected chi connectivity index (χ0v) is 10.8. The second-order valence-electron chi connectivity index (χ2n) is 5.10. The van der Waals surface area contributed by atoms with Crippen molar-refractivity contribution in [3.63, 3.8) is 0 Å². The van der Waals surface area contributed by atoms with E-state index in [0.717, 1.165) is 26.2 Å². The number of rotatable bonds is 3. The van der Waals surface area contributed by atoms with E-state index in [0.29, 0.717) is 6.04 Å². The molecule has 1 aromatic rings. The summed E-state index contributed by atoms with van der Waals surface area (Å²) in [4.78, 5) is 4.95. The van der Waals surface area contributed by atoms with Crippen molar-refractivity contribution in [2.24, 2.45) is 5.73 Å². The highest BCUT2D eigenvalue weighted by molar-refractivity contribution is 5.46. The SMILES string of the molecule is CC(N)CN1CCN(c2ccccc2)C[C@H]1C. The quantitative estimate of drug-likeness (QED) is 0.859. The molecular formula is C14H23N3. The number of anilines is 1. The maximum Gasteiger partial charge on any atom is 0.0367 e. The highest BCUT2D eigenvalue weighted by Crippen LogP contribution is 2.18. The largest absolute Gasteiger partial charge is 0.369 e. The number of hydrogen-bond donors (Lipinski definition) is 1. The molecular weight excluding hydrogens is 210 g/mol. The molecule has 2 rings (SSSR count). The van der Waals surface area contributed by atoms with Gasteiger partial charge < -0.3 is 10.6 Å². The van der Waals surface area contributed by atoms with Crippen LogP contribution in [-0.2, 0) is 0 Å². The highest BCUT2D eigenvalue weighted by Gasteiger charge is 2.23. The summed E-state index contributed by atoms with van der Waals surface area (Å²) in [5.41, 5.74) is 7.21. The molecule has 1 aliphatic heterocycles. The van der Waals surface area contributed by atoms with Crippen molar-refractivity contribution in [3.8, 4) is 0 Å². The first-order valence-corrected chi connectivity index (χ1v) is 6.46. The molecule has 1 aromatic carbocycles. The number of piperazine rings is 1. The van der Waals surface area contributed by atoms with Crippen molar-refractivity contribution in [2.75, 3.05) is 31.1 Å². The van der Waals surface area contributed by atoms with Crippen LogP contribution in [0, 0.1) is 0 Å². The van der Waals surface area contributed by atoms with Crippen LogP contribution in [0.1, 0.15) is 13.8 Å². The topological polar surface area (TPSA) is 32.5 Å². The monoisotopic (exact) mass is 233 g/mol. The lowest BCUT2D eigenvalue weighted by molar-refractivity contribution is 0.181. The molecule has 0 spiro atoms. The summed E-state index contributed by atoms with van der Waals surface area (Å²) in [6.07, 6.45) is 0. The molecule has 1 saturated heterocycles. The Hall–Kier alpha value is -1.06. The summed E-state index contributed by atoms with van der Waals surface area (Å²) in [6, 6.07) is 11.5. The molecule has 17 heavy (non-hydrogen) atoms. The van der Waals surface area contributed by atoms with Crippen molar-refractivity contribution in [1.29, 1.82) is 0 Å². The minimum atomic E-state index is 0.265. The fraction of sp³-hybridized carbons (Fsp3) is 0.571. The molecule has 1 heterocycles. The molecule has 94 valence electrons. The summed E-state index contributed by atoms with van der Waals surface area (Å²) >= 11 is 0. The Morgan fingerprint density at radius 2 is 2.00 bits per heavy atom. The van der Waals surface area contributed by atoms with Crippen LogP contribution >= 0.6 is 0 Å². The third kappa shape index (κ3) is 3.20. The minimum Gasteiger partial charge on any atom is -0.369 e. The normalized spacial score (nSPS) is 23.7. The summed E-state index contributed by atoms with van der Waals surface area (Å²) in [5.74, 6) is 0. The molecule has 3 nitrogen and oxygen atoms in total. The number of nitrogens with zero attached hydrogens (tertiary/aromatic N) is 2. The zero-order valence-electron chi connectivity index (χ0n) is 10.8. The molecule has 2 N–H and O–H groups in total. The van der Waals surface area contributed by atoms with E-state index in [1.54, 1.807) is 0 Å². The van der Waals surface area contributed by atoms with Crippen LogP contribution in [-0.4, -0.2) is 43.2 Å². The maximum atomic E-state index is 5.88.